The molecule has 7 heteroatoms. The van der Waals surface area contributed by atoms with E-state index in [2.05, 4.69) is 0 Å². The molecule has 0 aliphatic carbocycles. The summed E-state index contributed by atoms with van der Waals surface area (Å²) >= 11 is 0. The van der Waals surface area contributed by atoms with Gasteiger partial charge >= 0.3 is 0 Å². The zero-order chi connectivity index (χ0) is 17.3. The van der Waals surface area contributed by atoms with Gasteiger partial charge in [0, 0.05) is 38.9 Å². The smallest absolute Gasteiger partial charge is 0.243 e. The van der Waals surface area contributed by atoms with Crippen molar-refractivity contribution in [1.29, 1.82) is 0 Å². The van der Waals surface area contributed by atoms with E-state index in [1.54, 1.807) is 23.1 Å². The van der Waals surface area contributed by atoms with E-state index in [1.165, 1.54) is 11.2 Å². The maximum absolute atomic E-state index is 12.9. The molecule has 132 valence electrons. The third kappa shape index (κ3) is 3.20. The minimum atomic E-state index is -3.52. The SMILES string of the molecule is CCO[C@H]1CCCN(S(=O)(=O)c2ccc3c(c2)CCN3C(C)=O)C1. The van der Waals surface area contributed by atoms with Crippen molar-refractivity contribution in [1.82, 2.24) is 4.31 Å². The summed E-state index contributed by atoms with van der Waals surface area (Å²) in [6.45, 7) is 5.61. The summed E-state index contributed by atoms with van der Waals surface area (Å²) in [6, 6.07) is 5.08. The number of ether oxygens (including phenoxy) is 1. The molecule has 0 N–H and O–H groups in total. The van der Waals surface area contributed by atoms with Crippen LogP contribution >= 0.6 is 0 Å². The number of anilines is 1. The largest absolute Gasteiger partial charge is 0.377 e. The predicted molar refractivity (Wildman–Crippen MR) is 91.6 cm³/mol. The van der Waals surface area contributed by atoms with Gasteiger partial charge in [-0.2, -0.15) is 4.31 Å². The first-order valence-electron chi connectivity index (χ1n) is 8.46. The number of piperidine rings is 1. The highest BCUT2D eigenvalue weighted by Gasteiger charge is 2.32. The molecule has 6 nitrogen and oxygen atoms in total. The van der Waals surface area contributed by atoms with Crippen molar-refractivity contribution >= 4 is 21.6 Å². The number of carbonyl (C=O) groups excluding carboxylic acids is 1. The van der Waals surface area contributed by atoms with Crippen LogP contribution in [0.2, 0.25) is 0 Å². The molecule has 0 bridgehead atoms. The lowest BCUT2D eigenvalue weighted by Gasteiger charge is -2.31. The number of hydrogen-bond donors (Lipinski definition) is 0. The summed E-state index contributed by atoms with van der Waals surface area (Å²) in [5.41, 5.74) is 1.75. The van der Waals surface area contributed by atoms with Gasteiger partial charge in [-0.3, -0.25) is 4.79 Å². The van der Waals surface area contributed by atoms with Crippen molar-refractivity contribution < 1.29 is 17.9 Å². The van der Waals surface area contributed by atoms with Crippen molar-refractivity contribution in [2.45, 2.75) is 44.1 Å². The maximum Gasteiger partial charge on any atom is 0.243 e. The van der Waals surface area contributed by atoms with Crippen LogP contribution in [0.4, 0.5) is 5.69 Å². The Morgan fingerprint density at radius 1 is 1.33 bits per heavy atom. The maximum atomic E-state index is 12.9. The van der Waals surface area contributed by atoms with Gasteiger partial charge in [0.2, 0.25) is 15.9 Å². The first-order chi connectivity index (χ1) is 11.4. The molecular formula is C17H24N2O4S. The van der Waals surface area contributed by atoms with Crippen molar-refractivity contribution in [3.63, 3.8) is 0 Å². The third-order valence-electron chi connectivity index (χ3n) is 4.71. The van der Waals surface area contributed by atoms with Crippen LogP contribution < -0.4 is 4.90 Å². The quantitative estimate of drug-likeness (QED) is 0.828. The standard InChI is InChI=1S/C17H24N2O4S/c1-3-23-15-5-4-9-18(12-15)24(21,22)16-6-7-17-14(11-16)8-10-19(17)13(2)20/h6-7,11,15H,3-5,8-10,12H2,1-2H3/t15-/m0/s1. The van der Waals surface area contributed by atoms with E-state index in [1.807, 2.05) is 6.92 Å². The Morgan fingerprint density at radius 2 is 2.12 bits per heavy atom. The average Bonchev–Trinajstić information content (AvgIpc) is 2.98. The molecule has 1 aromatic carbocycles. The molecule has 2 heterocycles. The molecule has 3 rings (SSSR count). The number of fused-ring (bicyclic) bond motifs is 1. The van der Waals surface area contributed by atoms with Gasteiger partial charge in [0.1, 0.15) is 0 Å². The van der Waals surface area contributed by atoms with Gasteiger partial charge in [-0.25, -0.2) is 8.42 Å². The highest BCUT2D eigenvalue weighted by Crippen LogP contribution is 2.31. The van der Waals surface area contributed by atoms with Gasteiger partial charge in [-0.05, 0) is 49.9 Å². The number of amides is 1. The van der Waals surface area contributed by atoms with Gasteiger partial charge in [-0.1, -0.05) is 0 Å². The molecule has 0 saturated carbocycles. The molecule has 0 unspecified atom stereocenters. The Balaban J connectivity index is 1.84. The number of hydrogen-bond acceptors (Lipinski definition) is 4. The van der Waals surface area contributed by atoms with Gasteiger partial charge < -0.3 is 9.64 Å². The molecular weight excluding hydrogens is 328 g/mol. The fourth-order valence-corrected chi connectivity index (χ4v) is 5.07. The number of carbonyl (C=O) groups is 1. The van der Waals surface area contributed by atoms with Crippen LogP contribution in [0.25, 0.3) is 0 Å². The van der Waals surface area contributed by atoms with E-state index < -0.39 is 10.0 Å². The normalized spacial score (nSPS) is 21.8. The summed E-state index contributed by atoms with van der Waals surface area (Å²) in [5, 5.41) is 0. The topological polar surface area (TPSA) is 66.9 Å². The Labute approximate surface area is 143 Å². The van der Waals surface area contributed by atoms with Crippen LogP contribution in [0.1, 0.15) is 32.3 Å². The molecule has 24 heavy (non-hydrogen) atoms. The summed E-state index contributed by atoms with van der Waals surface area (Å²) < 4.78 is 33.0. The van der Waals surface area contributed by atoms with Crippen LogP contribution in [0.5, 0.6) is 0 Å². The van der Waals surface area contributed by atoms with E-state index >= 15 is 0 Å². The Kier molecular flexibility index (Phi) is 4.94. The van der Waals surface area contributed by atoms with E-state index in [0.29, 0.717) is 37.6 Å². The minimum Gasteiger partial charge on any atom is -0.377 e. The molecule has 1 fully saturated rings. The average molecular weight is 352 g/mol. The molecule has 0 radical (unpaired) electrons. The lowest BCUT2D eigenvalue weighted by molar-refractivity contribution is -0.116. The number of rotatable bonds is 4. The molecule has 0 spiro atoms. The fourth-order valence-electron chi connectivity index (χ4n) is 3.51. The second-order valence-electron chi connectivity index (χ2n) is 6.29. The monoisotopic (exact) mass is 352 g/mol. The minimum absolute atomic E-state index is 0.0139. The highest BCUT2D eigenvalue weighted by atomic mass is 32.2. The zero-order valence-electron chi connectivity index (χ0n) is 14.2. The molecule has 1 amide bonds. The molecule has 2 aliphatic rings. The van der Waals surface area contributed by atoms with Crippen LogP contribution in [0, 0.1) is 0 Å². The van der Waals surface area contributed by atoms with Gasteiger partial charge in [0.05, 0.1) is 11.0 Å². The van der Waals surface area contributed by atoms with Crippen LogP contribution in [0.3, 0.4) is 0 Å². The Morgan fingerprint density at radius 3 is 2.83 bits per heavy atom. The predicted octanol–water partition coefficient (Wildman–Crippen LogP) is 1.79. The van der Waals surface area contributed by atoms with Gasteiger partial charge in [0.15, 0.2) is 0 Å². The summed E-state index contributed by atoms with van der Waals surface area (Å²) in [7, 11) is -3.52. The first kappa shape index (κ1) is 17.4. The number of sulfonamides is 1. The van der Waals surface area contributed by atoms with Crippen molar-refractivity contribution in [2.75, 3.05) is 31.1 Å². The Hall–Kier alpha value is -1.44. The van der Waals surface area contributed by atoms with Crippen LogP contribution in [-0.4, -0.2) is 51.0 Å². The van der Waals surface area contributed by atoms with Crippen molar-refractivity contribution in [3.8, 4) is 0 Å². The number of nitrogens with zero attached hydrogens (tertiary/aromatic N) is 2. The summed E-state index contributed by atoms with van der Waals surface area (Å²) in [4.78, 5) is 13.6. The zero-order valence-corrected chi connectivity index (χ0v) is 15.0. The summed E-state index contributed by atoms with van der Waals surface area (Å²) in [6.07, 6.45) is 2.38. The van der Waals surface area contributed by atoms with Crippen molar-refractivity contribution in [2.24, 2.45) is 0 Å². The second kappa shape index (κ2) is 6.82. The van der Waals surface area contributed by atoms with Gasteiger partial charge in [-0.15, -0.1) is 0 Å². The van der Waals surface area contributed by atoms with E-state index in [9.17, 15) is 13.2 Å². The lowest BCUT2D eigenvalue weighted by atomic mass is 10.1. The Bertz CT molecular complexity index is 730. The van der Waals surface area contributed by atoms with Crippen molar-refractivity contribution in [3.05, 3.63) is 23.8 Å². The lowest BCUT2D eigenvalue weighted by Crippen LogP contribution is -2.43. The molecule has 1 aromatic rings. The number of benzene rings is 1. The molecule has 1 saturated heterocycles. The van der Waals surface area contributed by atoms with Gasteiger partial charge in [0.25, 0.3) is 0 Å². The highest BCUT2D eigenvalue weighted by molar-refractivity contribution is 7.89. The molecule has 0 aromatic heterocycles. The van der Waals surface area contributed by atoms with E-state index in [4.69, 9.17) is 4.74 Å². The van der Waals surface area contributed by atoms with E-state index in [0.717, 1.165) is 24.1 Å². The van der Waals surface area contributed by atoms with Crippen LogP contribution in [-0.2, 0) is 26.0 Å². The molecule has 1 atom stereocenters. The summed E-state index contributed by atoms with van der Waals surface area (Å²) in [5.74, 6) is -0.0139. The first-order valence-corrected chi connectivity index (χ1v) is 9.90. The van der Waals surface area contributed by atoms with E-state index in [-0.39, 0.29) is 12.0 Å². The van der Waals surface area contributed by atoms with Crippen LogP contribution in [0.15, 0.2) is 23.1 Å². The third-order valence-corrected chi connectivity index (χ3v) is 6.57. The fraction of sp³-hybridized carbons (Fsp3) is 0.588. The second-order valence-corrected chi connectivity index (χ2v) is 8.23. The molecule has 2 aliphatic heterocycles.